The first-order chi connectivity index (χ1) is 15.7. The maximum Gasteiger partial charge on any atom is 0.241 e. The van der Waals surface area contributed by atoms with E-state index < -0.39 is 6.04 Å². The number of rotatable bonds is 8. The number of benzene rings is 3. The van der Waals surface area contributed by atoms with Crippen LogP contribution in [0.1, 0.15) is 38.8 Å². The van der Waals surface area contributed by atoms with Gasteiger partial charge in [-0.05, 0) is 29.7 Å². The number of ether oxygens (including phenoxy) is 1. The molecular weight excluding hydrogens is 416 g/mol. The van der Waals surface area contributed by atoms with Gasteiger partial charge in [0.25, 0.3) is 0 Å². The van der Waals surface area contributed by atoms with E-state index >= 15 is 0 Å². The highest BCUT2D eigenvalue weighted by molar-refractivity contribution is 7.98. The molecule has 3 aromatic carbocycles. The first-order valence-corrected chi connectivity index (χ1v) is 12.1. The molecule has 0 heterocycles. The van der Waals surface area contributed by atoms with Gasteiger partial charge in [0.1, 0.15) is 5.75 Å². The Bertz CT molecular complexity index is 902. The van der Waals surface area contributed by atoms with Crippen LogP contribution >= 0.6 is 11.8 Å². The SMILES string of the molecule is CC.CC.COc1cc(NC(=O)C(N)Cc2ccccc2)ccc1SCc1ccccc1. The number of thioether (sulfide) groups is 1. The second-order valence-corrected chi connectivity index (χ2v) is 7.44. The average Bonchev–Trinajstić information content (AvgIpc) is 2.86. The van der Waals surface area contributed by atoms with Crippen LogP contribution in [0.15, 0.2) is 83.8 Å². The van der Waals surface area contributed by atoms with Crippen LogP contribution in [-0.4, -0.2) is 19.1 Å². The smallest absolute Gasteiger partial charge is 0.241 e. The second kappa shape index (κ2) is 16.0. The lowest BCUT2D eigenvalue weighted by Gasteiger charge is -2.14. The molecular formula is C27H36N2O2S. The Morgan fingerprint density at radius 3 is 2.03 bits per heavy atom. The van der Waals surface area contributed by atoms with Gasteiger partial charge in [0.05, 0.1) is 13.2 Å². The number of carbonyl (C=O) groups is 1. The van der Waals surface area contributed by atoms with E-state index in [1.165, 1.54) is 5.56 Å². The highest BCUT2D eigenvalue weighted by Gasteiger charge is 2.15. The number of anilines is 1. The van der Waals surface area contributed by atoms with Gasteiger partial charge in [-0.3, -0.25) is 4.79 Å². The molecule has 4 nitrogen and oxygen atoms in total. The number of hydrogen-bond acceptors (Lipinski definition) is 4. The molecule has 0 aromatic heterocycles. The zero-order valence-corrected chi connectivity index (χ0v) is 20.6. The van der Waals surface area contributed by atoms with Gasteiger partial charge in [0.15, 0.2) is 0 Å². The van der Waals surface area contributed by atoms with E-state index in [-0.39, 0.29) is 5.91 Å². The molecule has 172 valence electrons. The lowest BCUT2D eigenvalue weighted by Crippen LogP contribution is -2.37. The molecule has 3 N–H and O–H groups in total. The molecule has 1 atom stereocenters. The summed E-state index contributed by atoms with van der Waals surface area (Å²) in [4.78, 5) is 13.5. The monoisotopic (exact) mass is 452 g/mol. The molecule has 1 unspecified atom stereocenters. The second-order valence-electron chi connectivity index (χ2n) is 6.43. The number of hydrogen-bond donors (Lipinski definition) is 2. The van der Waals surface area contributed by atoms with E-state index in [0.717, 1.165) is 22.0 Å². The summed E-state index contributed by atoms with van der Waals surface area (Å²) in [6.45, 7) is 8.00. The summed E-state index contributed by atoms with van der Waals surface area (Å²) in [7, 11) is 1.63. The Balaban J connectivity index is 0.00000121. The van der Waals surface area contributed by atoms with Gasteiger partial charge >= 0.3 is 0 Å². The highest BCUT2D eigenvalue weighted by Crippen LogP contribution is 2.33. The van der Waals surface area contributed by atoms with Crippen molar-refractivity contribution in [3.63, 3.8) is 0 Å². The van der Waals surface area contributed by atoms with Gasteiger partial charge in [0, 0.05) is 22.4 Å². The largest absolute Gasteiger partial charge is 0.496 e. The van der Waals surface area contributed by atoms with Gasteiger partial charge in [-0.15, -0.1) is 11.8 Å². The molecule has 0 aliphatic rings. The Morgan fingerprint density at radius 2 is 1.47 bits per heavy atom. The zero-order valence-electron chi connectivity index (χ0n) is 19.8. The van der Waals surface area contributed by atoms with Gasteiger partial charge in [0.2, 0.25) is 5.91 Å². The maximum atomic E-state index is 12.4. The molecule has 0 saturated heterocycles. The van der Waals surface area contributed by atoms with Crippen molar-refractivity contribution in [3.05, 3.63) is 90.0 Å². The van der Waals surface area contributed by atoms with Crippen molar-refractivity contribution < 1.29 is 9.53 Å². The van der Waals surface area contributed by atoms with Crippen LogP contribution in [0.3, 0.4) is 0 Å². The summed E-state index contributed by atoms with van der Waals surface area (Å²) < 4.78 is 5.51. The summed E-state index contributed by atoms with van der Waals surface area (Å²) in [5.74, 6) is 1.37. The Morgan fingerprint density at radius 1 is 0.906 bits per heavy atom. The Kier molecular flexibility index (Phi) is 13.6. The minimum Gasteiger partial charge on any atom is -0.496 e. The van der Waals surface area contributed by atoms with Crippen LogP contribution in [0.5, 0.6) is 5.75 Å². The summed E-state index contributed by atoms with van der Waals surface area (Å²) in [5.41, 5.74) is 9.02. The summed E-state index contributed by atoms with van der Waals surface area (Å²) in [6.07, 6.45) is 0.495. The van der Waals surface area contributed by atoms with Crippen molar-refractivity contribution >= 4 is 23.4 Å². The minimum atomic E-state index is -0.611. The fourth-order valence-electron chi connectivity index (χ4n) is 2.80. The standard InChI is InChI=1S/C23H24N2O2S.2C2H6/c1-27-21-15-19(12-13-22(21)28-16-18-10-6-3-7-11-18)25-23(26)20(24)14-17-8-4-2-5-9-17;2*1-2/h2-13,15,20H,14,16,24H2,1H3,(H,25,26);2*1-2H3. The predicted molar refractivity (Wildman–Crippen MR) is 138 cm³/mol. The molecule has 0 aliphatic carbocycles. The van der Waals surface area contributed by atoms with Gasteiger partial charge < -0.3 is 15.8 Å². The van der Waals surface area contributed by atoms with Crippen LogP contribution < -0.4 is 15.8 Å². The third-order valence-corrected chi connectivity index (χ3v) is 5.43. The summed E-state index contributed by atoms with van der Waals surface area (Å²) >= 11 is 1.70. The molecule has 0 bridgehead atoms. The lowest BCUT2D eigenvalue weighted by atomic mass is 10.1. The fraction of sp³-hybridized carbons (Fsp3) is 0.296. The van der Waals surface area contributed by atoms with Crippen molar-refractivity contribution in [2.75, 3.05) is 12.4 Å². The number of carbonyl (C=O) groups excluding carboxylic acids is 1. The van der Waals surface area contributed by atoms with E-state index in [1.54, 1.807) is 18.9 Å². The quantitative estimate of drug-likeness (QED) is 0.380. The lowest BCUT2D eigenvalue weighted by molar-refractivity contribution is -0.117. The first-order valence-electron chi connectivity index (χ1n) is 11.1. The van der Waals surface area contributed by atoms with Crippen LogP contribution in [0.2, 0.25) is 0 Å². The average molecular weight is 453 g/mol. The number of nitrogens with one attached hydrogen (secondary N) is 1. The topological polar surface area (TPSA) is 64.3 Å². The van der Waals surface area contributed by atoms with Crippen molar-refractivity contribution in [2.45, 2.75) is 50.8 Å². The molecule has 0 aliphatic heterocycles. The van der Waals surface area contributed by atoms with Gasteiger partial charge in [-0.25, -0.2) is 0 Å². The normalized spacial score (nSPS) is 10.6. The van der Waals surface area contributed by atoms with Crippen LogP contribution in [-0.2, 0) is 17.0 Å². The molecule has 0 radical (unpaired) electrons. The third kappa shape index (κ3) is 9.16. The fourth-order valence-corrected chi connectivity index (χ4v) is 3.76. The Labute approximate surface area is 197 Å². The van der Waals surface area contributed by atoms with E-state index in [2.05, 4.69) is 17.4 Å². The molecule has 0 fully saturated rings. The number of amides is 1. The molecule has 1 amide bonds. The summed E-state index contributed by atoms with van der Waals surface area (Å²) in [5, 5.41) is 2.88. The van der Waals surface area contributed by atoms with Crippen molar-refractivity contribution in [1.82, 2.24) is 0 Å². The minimum absolute atomic E-state index is 0.212. The molecule has 0 spiro atoms. The van der Waals surface area contributed by atoms with Crippen molar-refractivity contribution in [3.8, 4) is 5.75 Å². The van der Waals surface area contributed by atoms with Gasteiger partial charge in [-0.1, -0.05) is 88.4 Å². The molecule has 5 heteroatoms. The third-order valence-electron chi connectivity index (χ3n) is 4.30. The van der Waals surface area contributed by atoms with Crippen LogP contribution in [0.25, 0.3) is 0 Å². The van der Waals surface area contributed by atoms with E-state index in [9.17, 15) is 4.79 Å². The van der Waals surface area contributed by atoms with E-state index in [4.69, 9.17) is 10.5 Å². The maximum absolute atomic E-state index is 12.4. The van der Waals surface area contributed by atoms with E-state index in [0.29, 0.717) is 12.1 Å². The number of methoxy groups -OCH3 is 1. The molecule has 3 aromatic rings. The molecule has 3 rings (SSSR count). The van der Waals surface area contributed by atoms with Crippen LogP contribution in [0, 0.1) is 0 Å². The Hall–Kier alpha value is -2.76. The molecule has 32 heavy (non-hydrogen) atoms. The van der Waals surface area contributed by atoms with Gasteiger partial charge in [-0.2, -0.15) is 0 Å². The van der Waals surface area contributed by atoms with Crippen LogP contribution in [0.4, 0.5) is 5.69 Å². The summed E-state index contributed by atoms with van der Waals surface area (Å²) in [6, 6.07) is 25.1. The van der Waals surface area contributed by atoms with Crippen molar-refractivity contribution in [1.29, 1.82) is 0 Å². The predicted octanol–water partition coefficient (Wildman–Crippen LogP) is 6.55. The number of nitrogens with two attached hydrogens (primary N) is 1. The highest BCUT2D eigenvalue weighted by atomic mass is 32.2. The van der Waals surface area contributed by atoms with E-state index in [1.807, 2.05) is 94.4 Å². The van der Waals surface area contributed by atoms with Crippen molar-refractivity contribution in [2.24, 2.45) is 5.73 Å². The first kappa shape index (κ1) is 27.3. The zero-order chi connectivity index (χ0) is 23.8. The molecule has 0 saturated carbocycles.